The maximum atomic E-state index is 13.3. The number of benzene rings is 1. The third-order valence-electron chi connectivity index (χ3n) is 7.14. The summed E-state index contributed by atoms with van der Waals surface area (Å²) < 4.78 is 0.348. The van der Waals surface area contributed by atoms with Crippen molar-refractivity contribution >= 4 is 21.8 Å². The molecule has 5 fully saturated rings. The molecule has 0 aromatic heterocycles. The summed E-state index contributed by atoms with van der Waals surface area (Å²) in [4.78, 5) is 15.5. The van der Waals surface area contributed by atoms with Crippen molar-refractivity contribution in [3.8, 4) is 0 Å². The summed E-state index contributed by atoms with van der Waals surface area (Å²) in [6.07, 6.45) is 11.1. The third-order valence-corrected chi connectivity index (χ3v) is 8.07. The van der Waals surface area contributed by atoms with E-state index in [0.717, 1.165) is 24.8 Å². The van der Waals surface area contributed by atoms with Crippen LogP contribution in [-0.4, -0.2) is 21.2 Å². The lowest BCUT2D eigenvalue weighted by atomic mass is 9.48. The van der Waals surface area contributed by atoms with Gasteiger partial charge in [0.25, 0.3) is 0 Å². The largest absolute Gasteiger partial charge is 0.335 e. The summed E-state index contributed by atoms with van der Waals surface area (Å²) in [5.74, 6) is 2.14. The van der Waals surface area contributed by atoms with E-state index in [9.17, 15) is 4.79 Å². The molecule has 2 atom stereocenters. The number of alkyl halides is 1. The van der Waals surface area contributed by atoms with Crippen molar-refractivity contribution in [3.05, 3.63) is 35.9 Å². The Kier molecular flexibility index (Phi) is 3.82. The van der Waals surface area contributed by atoms with Gasteiger partial charge in [-0.25, -0.2) is 0 Å². The summed E-state index contributed by atoms with van der Waals surface area (Å²) >= 11 is 4.09. The molecule has 5 aliphatic rings. The first-order valence-corrected chi connectivity index (χ1v) is 10.8. The SMILES string of the molecule is O=C(CC12C[C@H]3C[C@@H](CC(Br)(C3)C1)C2)N(Cc1ccccc1)C1CC1. The summed E-state index contributed by atoms with van der Waals surface area (Å²) in [7, 11) is 0. The summed E-state index contributed by atoms with van der Waals surface area (Å²) in [6.45, 7) is 0.798. The van der Waals surface area contributed by atoms with E-state index in [0.29, 0.717) is 16.3 Å². The van der Waals surface area contributed by atoms with Crippen LogP contribution in [0.3, 0.4) is 0 Å². The van der Waals surface area contributed by atoms with E-state index >= 15 is 0 Å². The number of halogens is 1. The number of carbonyl (C=O) groups excluding carboxylic acids is 1. The van der Waals surface area contributed by atoms with Crippen LogP contribution in [0.25, 0.3) is 0 Å². The van der Waals surface area contributed by atoms with Crippen LogP contribution in [0.1, 0.15) is 63.4 Å². The van der Waals surface area contributed by atoms with E-state index in [1.165, 1.54) is 56.9 Å². The van der Waals surface area contributed by atoms with Crippen LogP contribution in [0.2, 0.25) is 0 Å². The molecule has 5 aliphatic carbocycles. The first-order chi connectivity index (χ1) is 12.0. The normalized spacial score (nSPS) is 38.8. The Hall–Kier alpha value is -0.830. The van der Waals surface area contributed by atoms with Crippen LogP contribution in [0, 0.1) is 17.3 Å². The Morgan fingerprint density at radius 1 is 1.08 bits per heavy atom. The highest BCUT2D eigenvalue weighted by molar-refractivity contribution is 9.10. The molecule has 134 valence electrons. The topological polar surface area (TPSA) is 20.3 Å². The Morgan fingerprint density at radius 3 is 2.36 bits per heavy atom. The lowest BCUT2D eigenvalue weighted by molar-refractivity contribution is -0.139. The second-order valence-corrected chi connectivity index (χ2v) is 11.2. The molecule has 25 heavy (non-hydrogen) atoms. The van der Waals surface area contributed by atoms with Gasteiger partial charge in [0, 0.05) is 23.3 Å². The predicted octanol–water partition coefficient (Wildman–Crippen LogP) is 5.30. The van der Waals surface area contributed by atoms with Gasteiger partial charge in [-0.15, -0.1) is 0 Å². The number of amides is 1. The fraction of sp³-hybridized carbons (Fsp3) is 0.682. The van der Waals surface area contributed by atoms with Crippen LogP contribution >= 0.6 is 15.9 Å². The van der Waals surface area contributed by atoms with E-state index in [4.69, 9.17) is 0 Å². The number of nitrogens with zero attached hydrogens (tertiary/aromatic N) is 1. The second-order valence-electron chi connectivity index (χ2n) is 9.53. The van der Waals surface area contributed by atoms with Gasteiger partial charge in [-0.05, 0) is 74.2 Å². The van der Waals surface area contributed by atoms with E-state index in [2.05, 4.69) is 51.2 Å². The average molecular weight is 402 g/mol. The van der Waals surface area contributed by atoms with Crippen molar-refractivity contribution in [2.75, 3.05) is 0 Å². The van der Waals surface area contributed by atoms with E-state index < -0.39 is 0 Å². The van der Waals surface area contributed by atoms with Gasteiger partial charge in [-0.2, -0.15) is 0 Å². The zero-order valence-electron chi connectivity index (χ0n) is 14.9. The van der Waals surface area contributed by atoms with Crippen molar-refractivity contribution in [1.82, 2.24) is 4.90 Å². The molecule has 0 heterocycles. The Balaban J connectivity index is 1.33. The van der Waals surface area contributed by atoms with Gasteiger partial charge < -0.3 is 4.90 Å². The van der Waals surface area contributed by atoms with Gasteiger partial charge >= 0.3 is 0 Å². The van der Waals surface area contributed by atoms with Crippen molar-refractivity contribution in [3.63, 3.8) is 0 Å². The molecule has 4 bridgehead atoms. The van der Waals surface area contributed by atoms with Crippen LogP contribution in [-0.2, 0) is 11.3 Å². The van der Waals surface area contributed by atoms with Gasteiger partial charge in [0.2, 0.25) is 5.91 Å². The Bertz CT molecular complexity index is 654. The van der Waals surface area contributed by atoms with Gasteiger partial charge in [-0.1, -0.05) is 46.3 Å². The monoisotopic (exact) mass is 401 g/mol. The minimum Gasteiger partial charge on any atom is -0.335 e. The molecule has 1 aromatic carbocycles. The summed E-state index contributed by atoms with van der Waals surface area (Å²) in [5.41, 5.74) is 1.55. The molecule has 0 saturated heterocycles. The van der Waals surface area contributed by atoms with E-state index in [1.807, 2.05) is 0 Å². The molecule has 5 saturated carbocycles. The summed E-state index contributed by atoms with van der Waals surface area (Å²) in [6, 6.07) is 11.0. The number of hydrogen-bond donors (Lipinski definition) is 0. The van der Waals surface area contributed by atoms with Crippen molar-refractivity contribution in [2.24, 2.45) is 17.3 Å². The van der Waals surface area contributed by atoms with Gasteiger partial charge in [0.05, 0.1) is 0 Å². The average Bonchev–Trinajstić information content (AvgIpc) is 3.35. The molecular formula is C22H28BrNO. The minimum absolute atomic E-state index is 0.286. The third kappa shape index (κ3) is 3.18. The molecule has 6 rings (SSSR count). The van der Waals surface area contributed by atoms with Gasteiger partial charge in [-0.3, -0.25) is 4.79 Å². The highest BCUT2D eigenvalue weighted by Crippen LogP contribution is 2.65. The predicted molar refractivity (Wildman–Crippen MR) is 103 cm³/mol. The number of carbonyl (C=O) groups is 1. The van der Waals surface area contributed by atoms with Crippen molar-refractivity contribution < 1.29 is 4.79 Å². The molecular weight excluding hydrogens is 374 g/mol. The molecule has 0 aliphatic heterocycles. The maximum Gasteiger partial charge on any atom is 0.223 e. The molecule has 3 heteroatoms. The van der Waals surface area contributed by atoms with E-state index in [-0.39, 0.29) is 5.41 Å². The quantitative estimate of drug-likeness (QED) is 0.612. The van der Waals surface area contributed by atoms with Crippen molar-refractivity contribution in [1.29, 1.82) is 0 Å². The van der Waals surface area contributed by atoms with Crippen LogP contribution in [0.15, 0.2) is 30.3 Å². The first kappa shape index (κ1) is 16.4. The Morgan fingerprint density at radius 2 is 1.76 bits per heavy atom. The Labute approximate surface area is 159 Å². The molecule has 1 amide bonds. The second kappa shape index (κ2) is 5.84. The first-order valence-electron chi connectivity index (χ1n) is 10.0. The molecule has 0 radical (unpaired) electrons. The standard InChI is InChI=1S/C22H28BrNO/c23-22-11-17-8-18(12-22)10-21(9-17,15-22)13-20(25)24(19-6-7-19)14-16-4-2-1-3-5-16/h1-5,17-19H,6-15H2/t17-,18-,21?,22?/m1/s1. The van der Waals surface area contributed by atoms with Gasteiger partial charge in [0.1, 0.15) is 0 Å². The summed E-state index contributed by atoms with van der Waals surface area (Å²) in [5, 5.41) is 0. The smallest absolute Gasteiger partial charge is 0.223 e. The number of rotatable bonds is 5. The molecule has 0 N–H and O–H groups in total. The van der Waals surface area contributed by atoms with Crippen LogP contribution in [0.4, 0.5) is 0 Å². The molecule has 0 unspecified atom stereocenters. The fourth-order valence-corrected chi connectivity index (χ4v) is 8.06. The minimum atomic E-state index is 0.286. The van der Waals surface area contributed by atoms with Crippen LogP contribution < -0.4 is 0 Å². The lowest BCUT2D eigenvalue weighted by Crippen LogP contribution is -2.54. The van der Waals surface area contributed by atoms with Crippen LogP contribution in [0.5, 0.6) is 0 Å². The number of hydrogen-bond acceptors (Lipinski definition) is 1. The van der Waals surface area contributed by atoms with E-state index in [1.54, 1.807) is 0 Å². The maximum absolute atomic E-state index is 13.3. The van der Waals surface area contributed by atoms with Gasteiger partial charge in [0.15, 0.2) is 0 Å². The highest BCUT2D eigenvalue weighted by Gasteiger charge is 2.57. The fourth-order valence-electron chi connectivity index (χ4n) is 6.55. The van der Waals surface area contributed by atoms with Crippen molar-refractivity contribution in [2.45, 2.75) is 74.7 Å². The zero-order valence-corrected chi connectivity index (χ0v) is 16.5. The molecule has 1 aromatic rings. The molecule has 2 nitrogen and oxygen atoms in total. The zero-order chi connectivity index (χ0) is 17.1. The molecule has 0 spiro atoms. The lowest BCUT2D eigenvalue weighted by Gasteiger charge is -2.60. The highest BCUT2D eigenvalue weighted by atomic mass is 79.9.